The third kappa shape index (κ3) is 4.65. The molecule has 0 radical (unpaired) electrons. The lowest BCUT2D eigenvalue weighted by Gasteiger charge is -2.27. The first-order valence-corrected chi connectivity index (χ1v) is 12.3. The SMILES string of the molecule is CCN(CC)c1ccc(C2/C(=C(\O)c3c(OC)cccc3OC)C(=O)C(=O)N2c2cccc(C)c2)cc1. The highest BCUT2D eigenvalue weighted by Crippen LogP contribution is 2.45. The molecule has 4 rings (SSSR count). The second-order valence-corrected chi connectivity index (χ2v) is 8.81. The highest BCUT2D eigenvalue weighted by Gasteiger charge is 2.47. The molecule has 1 heterocycles. The summed E-state index contributed by atoms with van der Waals surface area (Å²) in [6.45, 7) is 7.81. The quantitative estimate of drug-likeness (QED) is 0.251. The summed E-state index contributed by atoms with van der Waals surface area (Å²) in [7, 11) is 2.95. The zero-order chi connectivity index (χ0) is 26.7. The predicted molar refractivity (Wildman–Crippen MR) is 146 cm³/mol. The number of nitrogens with zero attached hydrogens (tertiary/aromatic N) is 2. The Morgan fingerprint density at radius 1 is 0.919 bits per heavy atom. The zero-order valence-corrected chi connectivity index (χ0v) is 21.8. The number of aryl methyl sites for hydroxylation is 1. The maximum absolute atomic E-state index is 13.5. The van der Waals surface area contributed by atoms with Gasteiger partial charge in [-0.1, -0.05) is 30.3 Å². The maximum atomic E-state index is 13.5. The maximum Gasteiger partial charge on any atom is 0.300 e. The van der Waals surface area contributed by atoms with Gasteiger partial charge in [0.2, 0.25) is 0 Å². The Balaban J connectivity index is 1.97. The standard InChI is InChI=1S/C30H32N2O5/c1-6-31(7-2)21-16-14-20(15-17-21)27-26(28(33)25-23(36-4)12-9-13-24(25)37-5)29(34)30(35)32(27)22-11-8-10-19(3)18-22/h8-18,27,33H,6-7H2,1-5H3/b28-26+. The van der Waals surface area contributed by atoms with Crippen LogP contribution in [0.2, 0.25) is 0 Å². The molecular formula is C30H32N2O5. The van der Waals surface area contributed by atoms with E-state index < -0.39 is 17.7 Å². The number of ether oxygens (including phenoxy) is 2. The van der Waals surface area contributed by atoms with E-state index in [1.807, 2.05) is 49.4 Å². The van der Waals surface area contributed by atoms with Gasteiger partial charge in [0.15, 0.2) is 0 Å². The number of hydrogen-bond acceptors (Lipinski definition) is 6. The lowest BCUT2D eigenvalue weighted by atomic mass is 9.94. The predicted octanol–water partition coefficient (Wildman–Crippen LogP) is 5.48. The molecule has 37 heavy (non-hydrogen) atoms. The fourth-order valence-electron chi connectivity index (χ4n) is 4.87. The number of anilines is 2. The van der Waals surface area contributed by atoms with Crippen LogP contribution in [0.25, 0.3) is 5.76 Å². The van der Waals surface area contributed by atoms with Gasteiger partial charge in [0.1, 0.15) is 22.8 Å². The second-order valence-electron chi connectivity index (χ2n) is 8.81. The Morgan fingerprint density at radius 3 is 2.05 bits per heavy atom. The number of benzene rings is 3. The zero-order valence-electron chi connectivity index (χ0n) is 21.8. The summed E-state index contributed by atoms with van der Waals surface area (Å²) in [6, 6.07) is 19.4. The van der Waals surface area contributed by atoms with Crippen LogP contribution in [-0.2, 0) is 9.59 Å². The van der Waals surface area contributed by atoms with Crippen LogP contribution in [-0.4, -0.2) is 44.1 Å². The summed E-state index contributed by atoms with van der Waals surface area (Å²) in [6.07, 6.45) is 0. The molecule has 0 bridgehead atoms. The topological polar surface area (TPSA) is 79.3 Å². The molecular weight excluding hydrogens is 468 g/mol. The number of aliphatic hydroxyl groups is 1. The molecule has 1 aliphatic rings. The van der Waals surface area contributed by atoms with Gasteiger partial charge in [0.25, 0.3) is 11.7 Å². The normalized spacial score (nSPS) is 16.7. The van der Waals surface area contributed by atoms with Gasteiger partial charge in [-0.15, -0.1) is 0 Å². The van der Waals surface area contributed by atoms with Crippen molar-refractivity contribution >= 4 is 28.8 Å². The summed E-state index contributed by atoms with van der Waals surface area (Å²) in [5.74, 6) is -1.17. The van der Waals surface area contributed by atoms with Gasteiger partial charge in [-0.3, -0.25) is 14.5 Å². The van der Waals surface area contributed by atoms with E-state index in [1.165, 1.54) is 19.1 Å². The molecule has 0 aromatic heterocycles. The molecule has 7 heteroatoms. The molecule has 3 aromatic rings. The number of amides is 1. The van der Waals surface area contributed by atoms with E-state index in [-0.39, 0.29) is 16.9 Å². The van der Waals surface area contributed by atoms with E-state index in [1.54, 1.807) is 24.3 Å². The second kappa shape index (κ2) is 10.8. The number of methoxy groups -OCH3 is 2. The Hall–Kier alpha value is -4.26. The van der Waals surface area contributed by atoms with Crippen LogP contribution < -0.4 is 19.3 Å². The molecule has 7 nitrogen and oxygen atoms in total. The summed E-state index contributed by atoms with van der Waals surface area (Å²) in [4.78, 5) is 30.7. The molecule has 1 aliphatic heterocycles. The largest absolute Gasteiger partial charge is 0.506 e. The van der Waals surface area contributed by atoms with Crippen molar-refractivity contribution in [2.24, 2.45) is 0 Å². The molecule has 0 aliphatic carbocycles. The molecule has 1 fully saturated rings. The third-order valence-corrected chi connectivity index (χ3v) is 6.73. The minimum Gasteiger partial charge on any atom is -0.506 e. The molecule has 1 N–H and O–H groups in total. The van der Waals surface area contributed by atoms with Gasteiger partial charge >= 0.3 is 0 Å². The number of carbonyl (C=O) groups excluding carboxylic acids is 2. The molecule has 1 atom stereocenters. The summed E-state index contributed by atoms with van der Waals surface area (Å²) < 4.78 is 11.0. The van der Waals surface area contributed by atoms with Crippen LogP contribution in [0.5, 0.6) is 11.5 Å². The number of hydrogen-bond donors (Lipinski definition) is 1. The van der Waals surface area contributed by atoms with E-state index in [2.05, 4.69) is 18.7 Å². The first-order valence-electron chi connectivity index (χ1n) is 12.3. The number of aliphatic hydroxyl groups excluding tert-OH is 1. The Labute approximate surface area is 217 Å². The molecule has 192 valence electrons. The van der Waals surface area contributed by atoms with Gasteiger partial charge in [-0.25, -0.2) is 0 Å². The fourth-order valence-corrected chi connectivity index (χ4v) is 4.87. The van der Waals surface area contributed by atoms with Crippen molar-refractivity contribution in [3.63, 3.8) is 0 Å². The minimum atomic E-state index is -0.845. The van der Waals surface area contributed by atoms with Crippen LogP contribution in [0.1, 0.15) is 36.6 Å². The van der Waals surface area contributed by atoms with Gasteiger partial charge in [0.05, 0.1) is 25.8 Å². The Morgan fingerprint density at radius 2 is 1.51 bits per heavy atom. The molecule has 1 amide bonds. The van der Waals surface area contributed by atoms with Crippen molar-refractivity contribution in [3.8, 4) is 11.5 Å². The van der Waals surface area contributed by atoms with Crippen LogP contribution in [0.4, 0.5) is 11.4 Å². The lowest BCUT2D eigenvalue weighted by Crippen LogP contribution is -2.29. The van der Waals surface area contributed by atoms with Crippen molar-refractivity contribution in [1.82, 2.24) is 0 Å². The molecule has 0 saturated carbocycles. The molecule has 3 aromatic carbocycles. The summed E-state index contributed by atoms with van der Waals surface area (Å²) >= 11 is 0. The fraction of sp³-hybridized carbons (Fsp3) is 0.267. The van der Waals surface area contributed by atoms with Crippen molar-refractivity contribution in [3.05, 3.63) is 89.0 Å². The summed E-state index contributed by atoms with van der Waals surface area (Å²) in [5.41, 5.74) is 3.46. The van der Waals surface area contributed by atoms with Gasteiger partial charge < -0.3 is 19.5 Å². The number of carbonyl (C=O) groups is 2. The van der Waals surface area contributed by atoms with Crippen molar-refractivity contribution < 1.29 is 24.2 Å². The monoisotopic (exact) mass is 500 g/mol. The van der Waals surface area contributed by atoms with Crippen LogP contribution >= 0.6 is 0 Å². The molecule has 1 unspecified atom stereocenters. The molecule has 1 saturated heterocycles. The van der Waals surface area contributed by atoms with Crippen molar-refractivity contribution in [2.75, 3.05) is 37.1 Å². The summed E-state index contributed by atoms with van der Waals surface area (Å²) in [5, 5.41) is 11.6. The van der Waals surface area contributed by atoms with Gasteiger partial charge in [-0.2, -0.15) is 0 Å². The average molecular weight is 501 g/mol. The Bertz CT molecular complexity index is 1320. The van der Waals surface area contributed by atoms with E-state index in [9.17, 15) is 14.7 Å². The number of ketones is 1. The van der Waals surface area contributed by atoms with E-state index in [4.69, 9.17) is 9.47 Å². The van der Waals surface area contributed by atoms with Crippen molar-refractivity contribution in [2.45, 2.75) is 26.8 Å². The first-order chi connectivity index (χ1) is 17.9. The van der Waals surface area contributed by atoms with Crippen LogP contribution in [0, 0.1) is 6.92 Å². The number of Topliss-reactive ketones (excluding diaryl/α,β-unsaturated/α-hetero) is 1. The van der Waals surface area contributed by atoms with E-state index in [0.29, 0.717) is 22.7 Å². The van der Waals surface area contributed by atoms with Crippen LogP contribution in [0.15, 0.2) is 72.3 Å². The van der Waals surface area contributed by atoms with E-state index >= 15 is 0 Å². The minimum absolute atomic E-state index is 0.0232. The van der Waals surface area contributed by atoms with Gasteiger partial charge in [0, 0.05) is 24.5 Å². The highest BCUT2D eigenvalue weighted by atomic mass is 16.5. The third-order valence-electron chi connectivity index (χ3n) is 6.73. The smallest absolute Gasteiger partial charge is 0.300 e. The molecule has 0 spiro atoms. The van der Waals surface area contributed by atoms with Crippen molar-refractivity contribution in [1.29, 1.82) is 0 Å². The number of rotatable bonds is 8. The Kier molecular flexibility index (Phi) is 7.53. The van der Waals surface area contributed by atoms with Crippen LogP contribution in [0.3, 0.4) is 0 Å². The first kappa shape index (κ1) is 25.8. The average Bonchev–Trinajstić information content (AvgIpc) is 3.19. The van der Waals surface area contributed by atoms with E-state index in [0.717, 1.165) is 24.3 Å². The lowest BCUT2D eigenvalue weighted by molar-refractivity contribution is -0.132. The van der Waals surface area contributed by atoms with Gasteiger partial charge in [-0.05, 0) is 68.3 Å². The highest BCUT2D eigenvalue weighted by molar-refractivity contribution is 6.51.